The van der Waals surface area contributed by atoms with Crippen LogP contribution in [0.15, 0.2) is 24.8 Å². The third-order valence-electron chi connectivity index (χ3n) is 3.89. The molecule has 2 aromatic heterocycles. The van der Waals surface area contributed by atoms with Crippen molar-refractivity contribution in [2.75, 3.05) is 36.8 Å². The Hall–Kier alpha value is -2.64. The van der Waals surface area contributed by atoms with E-state index in [9.17, 15) is 4.79 Å². The number of anilines is 2. The second-order valence-corrected chi connectivity index (χ2v) is 5.54. The fourth-order valence-corrected chi connectivity index (χ4v) is 2.81. The second kappa shape index (κ2) is 6.64. The molecule has 2 aromatic rings. The van der Waals surface area contributed by atoms with Gasteiger partial charge in [-0.25, -0.2) is 14.6 Å². The fourth-order valence-electron chi connectivity index (χ4n) is 2.81. The SMILES string of the molecule is CCCN1CCCN(c2ncnc(-n3cccn3)c2N)CC1=O. The summed E-state index contributed by atoms with van der Waals surface area (Å²) in [6.07, 6.45) is 6.76. The van der Waals surface area contributed by atoms with E-state index in [0.29, 0.717) is 23.9 Å². The van der Waals surface area contributed by atoms with E-state index in [0.717, 1.165) is 32.5 Å². The van der Waals surface area contributed by atoms with Gasteiger partial charge in [-0.1, -0.05) is 6.92 Å². The molecule has 0 spiro atoms. The van der Waals surface area contributed by atoms with E-state index in [1.165, 1.54) is 6.33 Å². The molecular formula is C15H21N7O. The van der Waals surface area contributed by atoms with Gasteiger partial charge in [-0.15, -0.1) is 0 Å². The lowest BCUT2D eigenvalue weighted by Crippen LogP contribution is -2.37. The molecule has 1 saturated heterocycles. The van der Waals surface area contributed by atoms with Gasteiger partial charge in [0, 0.05) is 32.0 Å². The molecule has 1 fully saturated rings. The molecule has 0 saturated carbocycles. The van der Waals surface area contributed by atoms with E-state index in [1.807, 2.05) is 9.80 Å². The van der Waals surface area contributed by atoms with Crippen molar-refractivity contribution in [1.29, 1.82) is 0 Å². The Morgan fingerprint density at radius 1 is 1.26 bits per heavy atom. The molecule has 122 valence electrons. The van der Waals surface area contributed by atoms with Crippen LogP contribution in [0, 0.1) is 0 Å². The molecule has 0 unspecified atom stereocenters. The van der Waals surface area contributed by atoms with Crippen LogP contribution in [0.1, 0.15) is 19.8 Å². The lowest BCUT2D eigenvalue weighted by atomic mass is 10.3. The largest absolute Gasteiger partial charge is 0.393 e. The zero-order valence-electron chi connectivity index (χ0n) is 13.2. The maximum absolute atomic E-state index is 12.4. The molecule has 1 aliphatic heterocycles. The molecule has 8 nitrogen and oxygen atoms in total. The van der Waals surface area contributed by atoms with Crippen molar-refractivity contribution in [3.8, 4) is 5.82 Å². The molecule has 23 heavy (non-hydrogen) atoms. The average Bonchev–Trinajstić information content (AvgIpc) is 3.01. The molecular weight excluding hydrogens is 294 g/mol. The third-order valence-corrected chi connectivity index (χ3v) is 3.89. The maximum Gasteiger partial charge on any atom is 0.242 e. The summed E-state index contributed by atoms with van der Waals surface area (Å²) >= 11 is 0. The first kappa shape index (κ1) is 15.3. The Balaban J connectivity index is 1.87. The molecule has 3 heterocycles. The highest BCUT2D eigenvalue weighted by Gasteiger charge is 2.24. The van der Waals surface area contributed by atoms with Crippen molar-refractivity contribution in [1.82, 2.24) is 24.6 Å². The highest BCUT2D eigenvalue weighted by Crippen LogP contribution is 2.25. The number of nitrogen functional groups attached to an aromatic ring is 1. The molecule has 8 heteroatoms. The van der Waals surface area contributed by atoms with Crippen molar-refractivity contribution < 1.29 is 4.79 Å². The fraction of sp³-hybridized carbons (Fsp3) is 0.467. The number of carbonyl (C=O) groups excluding carboxylic acids is 1. The smallest absolute Gasteiger partial charge is 0.242 e. The summed E-state index contributed by atoms with van der Waals surface area (Å²) in [5, 5.41) is 4.16. The van der Waals surface area contributed by atoms with E-state index in [2.05, 4.69) is 22.0 Å². The summed E-state index contributed by atoms with van der Waals surface area (Å²) in [4.78, 5) is 24.7. The summed E-state index contributed by atoms with van der Waals surface area (Å²) in [7, 11) is 0. The van der Waals surface area contributed by atoms with E-state index in [4.69, 9.17) is 5.73 Å². The van der Waals surface area contributed by atoms with Crippen molar-refractivity contribution in [2.24, 2.45) is 0 Å². The van der Waals surface area contributed by atoms with E-state index >= 15 is 0 Å². The number of rotatable bonds is 4. The van der Waals surface area contributed by atoms with Gasteiger partial charge < -0.3 is 15.5 Å². The first-order valence-corrected chi connectivity index (χ1v) is 7.84. The monoisotopic (exact) mass is 315 g/mol. The van der Waals surface area contributed by atoms with Gasteiger partial charge >= 0.3 is 0 Å². The van der Waals surface area contributed by atoms with E-state index in [1.54, 1.807) is 23.1 Å². The highest BCUT2D eigenvalue weighted by atomic mass is 16.2. The Morgan fingerprint density at radius 3 is 2.83 bits per heavy atom. The topological polar surface area (TPSA) is 93.2 Å². The van der Waals surface area contributed by atoms with Gasteiger partial charge in [-0.2, -0.15) is 5.10 Å². The second-order valence-electron chi connectivity index (χ2n) is 5.54. The summed E-state index contributed by atoms with van der Waals surface area (Å²) < 4.78 is 1.60. The highest BCUT2D eigenvalue weighted by molar-refractivity contribution is 5.83. The van der Waals surface area contributed by atoms with Gasteiger partial charge in [-0.3, -0.25) is 4.79 Å². The number of nitrogens with zero attached hydrogens (tertiary/aromatic N) is 6. The minimum absolute atomic E-state index is 0.114. The quantitative estimate of drug-likeness (QED) is 0.892. The number of carbonyl (C=O) groups is 1. The summed E-state index contributed by atoms with van der Waals surface area (Å²) in [5.41, 5.74) is 6.68. The lowest BCUT2D eigenvalue weighted by Gasteiger charge is -2.23. The van der Waals surface area contributed by atoms with Crippen LogP contribution in [0.4, 0.5) is 11.5 Å². The van der Waals surface area contributed by atoms with Gasteiger partial charge in [0.15, 0.2) is 11.6 Å². The predicted molar refractivity (Wildman–Crippen MR) is 87.3 cm³/mol. The molecule has 0 bridgehead atoms. The van der Waals surface area contributed by atoms with Crippen LogP contribution in [0.25, 0.3) is 5.82 Å². The maximum atomic E-state index is 12.4. The summed E-state index contributed by atoms with van der Waals surface area (Å²) in [6.45, 7) is 4.69. The molecule has 3 rings (SSSR count). The van der Waals surface area contributed by atoms with Crippen molar-refractivity contribution >= 4 is 17.4 Å². The Labute approximate surface area is 134 Å². The number of hydrogen-bond acceptors (Lipinski definition) is 6. The van der Waals surface area contributed by atoms with Crippen molar-refractivity contribution in [3.05, 3.63) is 24.8 Å². The predicted octanol–water partition coefficient (Wildman–Crippen LogP) is 0.693. The number of hydrogen-bond donors (Lipinski definition) is 1. The van der Waals surface area contributed by atoms with E-state index < -0.39 is 0 Å². The van der Waals surface area contributed by atoms with Crippen LogP contribution in [0.3, 0.4) is 0 Å². The Morgan fingerprint density at radius 2 is 2.09 bits per heavy atom. The van der Waals surface area contributed by atoms with Gasteiger partial charge in [0.05, 0.1) is 6.54 Å². The molecule has 0 atom stereocenters. The summed E-state index contributed by atoms with van der Waals surface area (Å²) in [5.74, 6) is 1.24. The van der Waals surface area contributed by atoms with Gasteiger partial charge in [0.2, 0.25) is 5.91 Å². The molecule has 0 aliphatic carbocycles. The van der Waals surface area contributed by atoms with Crippen LogP contribution in [-0.4, -0.2) is 56.7 Å². The third kappa shape index (κ3) is 3.10. The van der Waals surface area contributed by atoms with Gasteiger partial charge in [0.1, 0.15) is 12.0 Å². The average molecular weight is 315 g/mol. The van der Waals surface area contributed by atoms with Gasteiger partial charge in [-0.05, 0) is 18.9 Å². The minimum Gasteiger partial charge on any atom is -0.393 e. The standard InChI is InChI=1S/C15H21N7O/c1-2-6-20-7-4-8-21(10-12(20)23)14-13(16)15(18-11-17-14)22-9-3-5-19-22/h3,5,9,11H,2,4,6-8,10,16H2,1H3. The zero-order valence-corrected chi connectivity index (χ0v) is 13.2. The summed E-state index contributed by atoms with van der Waals surface area (Å²) in [6, 6.07) is 1.80. The lowest BCUT2D eigenvalue weighted by molar-refractivity contribution is -0.129. The molecule has 0 radical (unpaired) electrons. The van der Waals surface area contributed by atoms with Crippen molar-refractivity contribution in [2.45, 2.75) is 19.8 Å². The number of aromatic nitrogens is 4. The molecule has 1 amide bonds. The van der Waals surface area contributed by atoms with Gasteiger partial charge in [0.25, 0.3) is 0 Å². The van der Waals surface area contributed by atoms with E-state index in [-0.39, 0.29) is 5.91 Å². The normalized spacial score (nSPS) is 15.8. The van der Waals surface area contributed by atoms with Crippen LogP contribution in [-0.2, 0) is 4.79 Å². The Bertz CT molecular complexity index is 670. The van der Waals surface area contributed by atoms with Crippen LogP contribution < -0.4 is 10.6 Å². The molecule has 1 aliphatic rings. The molecule has 0 aromatic carbocycles. The van der Waals surface area contributed by atoms with Crippen LogP contribution in [0.2, 0.25) is 0 Å². The van der Waals surface area contributed by atoms with Crippen molar-refractivity contribution in [3.63, 3.8) is 0 Å². The first-order valence-electron chi connectivity index (χ1n) is 7.84. The zero-order chi connectivity index (χ0) is 16.2. The van der Waals surface area contributed by atoms with Crippen LogP contribution in [0.5, 0.6) is 0 Å². The minimum atomic E-state index is 0.114. The molecule has 2 N–H and O–H groups in total. The number of nitrogens with two attached hydrogens (primary N) is 1. The Kier molecular flexibility index (Phi) is 4.40. The van der Waals surface area contributed by atoms with Crippen LogP contribution >= 0.6 is 0 Å². The number of amides is 1. The first-order chi connectivity index (χ1) is 11.2.